The van der Waals surface area contributed by atoms with Crippen LogP contribution in [-0.4, -0.2) is 24.9 Å². The summed E-state index contributed by atoms with van der Waals surface area (Å²) >= 11 is 0. The third-order valence-electron chi connectivity index (χ3n) is 0.851. The predicted octanol–water partition coefficient (Wildman–Crippen LogP) is -0.741. The van der Waals surface area contributed by atoms with E-state index >= 15 is 0 Å². The summed E-state index contributed by atoms with van der Waals surface area (Å²) in [7, 11) is 0. The molecule has 0 aromatic rings. The molecule has 58 valence electrons. The SMILES string of the molecule is CCNCC(=O)NC(C)=O. The van der Waals surface area contributed by atoms with Crippen LogP contribution < -0.4 is 10.6 Å². The van der Waals surface area contributed by atoms with Gasteiger partial charge < -0.3 is 5.32 Å². The molecule has 0 aromatic carbocycles. The summed E-state index contributed by atoms with van der Waals surface area (Å²) < 4.78 is 0. The second-order valence-corrected chi connectivity index (χ2v) is 1.88. The van der Waals surface area contributed by atoms with Crippen LogP contribution in [0, 0.1) is 0 Å². The maximum atomic E-state index is 10.6. The molecule has 0 heterocycles. The van der Waals surface area contributed by atoms with Gasteiger partial charge in [-0.05, 0) is 6.54 Å². The maximum absolute atomic E-state index is 10.6. The Balaban J connectivity index is 3.35. The van der Waals surface area contributed by atoms with Crippen LogP contribution in [0.3, 0.4) is 0 Å². The van der Waals surface area contributed by atoms with Crippen molar-refractivity contribution in [1.29, 1.82) is 0 Å². The molecule has 0 aromatic heterocycles. The Morgan fingerprint density at radius 2 is 2.00 bits per heavy atom. The Morgan fingerprint density at radius 3 is 2.40 bits per heavy atom. The molecule has 10 heavy (non-hydrogen) atoms. The molecule has 0 rings (SSSR count). The van der Waals surface area contributed by atoms with E-state index in [1.165, 1.54) is 6.92 Å². The van der Waals surface area contributed by atoms with E-state index in [9.17, 15) is 9.59 Å². The Morgan fingerprint density at radius 1 is 1.40 bits per heavy atom. The summed E-state index contributed by atoms with van der Waals surface area (Å²) in [6, 6.07) is 0. The Kier molecular flexibility index (Phi) is 4.49. The number of rotatable bonds is 3. The summed E-state index contributed by atoms with van der Waals surface area (Å²) in [5, 5.41) is 4.93. The molecule has 2 amide bonds. The molecule has 4 heteroatoms. The highest BCUT2D eigenvalue weighted by Gasteiger charge is 1.99. The van der Waals surface area contributed by atoms with Crippen molar-refractivity contribution in [3.05, 3.63) is 0 Å². The van der Waals surface area contributed by atoms with Crippen LogP contribution in [0.5, 0.6) is 0 Å². The van der Waals surface area contributed by atoms with Crippen molar-refractivity contribution < 1.29 is 9.59 Å². The second kappa shape index (κ2) is 4.93. The van der Waals surface area contributed by atoms with Gasteiger partial charge in [-0.2, -0.15) is 0 Å². The van der Waals surface area contributed by atoms with Gasteiger partial charge in [0.1, 0.15) is 0 Å². The first-order valence-electron chi connectivity index (χ1n) is 3.18. The lowest BCUT2D eigenvalue weighted by Gasteiger charge is -1.99. The van der Waals surface area contributed by atoms with Crippen molar-refractivity contribution in [2.75, 3.05) is 13.1 Å². The highest BCUT2D eigenvalue weighted by Crippen LogP contribution is 1.64. The molecule has 0 aliphatic rings. The Labute approximate surface area is 60.0 Å². The van der Waals surface area contributed by atoms with E-state index < -0.39 is 0 Å². The van der Waals surface area contributed by atoms with Crippen molar-refractivity contribution in [2.24, 2.45) is 0 Å². The van der Waals surface area contributed by atoms with Crippen LogP contribution in [-0.2, 0) is 9.59 Å². The standard InChI is InChI=1S/C6H12N2O2/c1-3-7-4-6(10)8-5(2)9/h7H,3-4H2,1-2H3,(H,8,9,10). The summed E-state index contributed by atoms with van der Waals surface area (Å²) in [6.07, 6.45) is 0. The molecular formula is C6H12N2O2. The van der Waals surface area contributed by atoms with E-state index in [-0.39, 0.29) is 18.4 Å². The lowest BCUT2D eigenvalue weighted by Crippen LogP contribution is -2.36. The quantitative estimate of drug-likeness (QED) is 0.548. The van der Waals surface area contributed by atoms with E-state index in [1.807, 2.05) is 6.92 Å². The summed E-state index contributed by atoms with van der Waals surface area (Å²) in [4.78, 5) is 20.9. The van der Waals surface area contributed by atoms with Gasteiger partial charge >= 0.3 is 0 Å². The van der Waals surface area contributed by atoms with Crippen LogP contribution in [0.2, 0.25) is 0 Å². The number of carbonyl (C=O) groups excluding carboxylic acids is 2. The van der Waals surface area contributed by atoms with Crippen molar-refractivity contribution in [3.63, 3.8) is 0 Å². The van der Waals surface area contributed by atoms with Gasteiger partial charge in [0.05, 0.1) is 6.54 Å². The van der Waals surface area contributed by atoms with Gasteiger partial charge in [-0.15, -0.1) is 0 Å². The number of likely N-dealkylation sites (N-methyl/N-ethyl adjacent to an activating group) is 1. The second-order valence-electron chi connectivity index (χ2n) is 1.88. The fraction of sp³-hybridized carbons (Fsp3) is 0.667. The highest BCUT2D eigenvalue weighted by atomic mass is 16.2. The molecule has 0 saturated carbocycles. The van der Waals surface area contributed by atoms with Gasteiger partial charge in [0.25, 0.3) is 0 Å². The molecule has 4 nitrogen and oxygen atoms in total. The van der Waals surface area contributed by atoms with Crippen LogP contribution in [0.15, 0.2) is 0 Å². The highest BCUT2D eigenvalue weighted by molar-refractivity contribution is 5.94. The maximum Gasteiger partial charge on any atom is 0.240 e. The number of amides is 2. The number of carbonyl (C=O) groups is 2. The van der Waals surface area contributed by atoms with Gasteiger partial charge in [-0.1, -0.05) is 6.92 Å². The lowest BCUT2D eigenvalue weighted by atomic mass is 10.5. The van der Waals surface area contributed by atoms with E-state index in [2.05, 4.69) is 10.6 Å². The number of imide groups is 1. The van der Waals surface area contributed by atoms with Crippen molar-refractivity contribution in [3.8, 4) is 0 Å². The van der Waals surface area contributed by atoms with Crippen LogP contribution in [0.4, 0.5) is 0 Å². The first-order chi connectivity index (χ1) is 4.66. The third-order valence-corrected chi connectivity index (χ3v) is 0.851. The van der Waals surface area contributed by atoms with E-state index in [0.29, 0.717) is 0 Å². The zero-order valence-electron chi connectivity index (χ0n) is 6.23. The fourth-order valence-corrected chi connectivity index (χ4v) is 0.479. The topological polar surface area (TPSA) is 58.2 Å². The monoisotopic (exact) mass is 144 g/mol. The summed E-state index contributed by atoms with van der Waals surface area (Å²) in [6.45, 7) is 4.13. The van der Waals surface area contributed by atoms with Crippen LogP contribution >= 0.6 is 0 Å². The molecule has 0 fully saturated rings. The average Bonchev–Trinajstić information content (AvgIpc) is 1.82. The molecule has 0 atom stereocenters. The zero-order valence-corrected chi connectivity index (χ0v) is 6.23. The summed E-state index contributed by atoms with van der Waals surface area (Å²) in [5.74, 6) is -0.600. The predicted molar refractivity (Wildman–Crippen MR) is 37.4 cm³/mol. The first kappa shape index (κ1) is 9.10. The average molecular weight is 144 g/mol. The minimum atomic E-state index is -0.317. The van der Waals surface area contributed by atoms with Crippen LogP contribution in [0.25, 0.3) is 0 Å². The molecule has 0 aliphatic carbocycles. The van der Waals surface area contributed by atoms with Crippen molar-refractivity contribution >= 4 is 11.8 Å². The smallest absolute Gasteiger partial charge is 0.240 e. The zero-order chi connectivity index (χ0) is 7.98. The number of hydrogen-bond donors (Lipinski definition) is 2. The first-order valence-corrected chi connectivity index (χ1v) is 3.18. The van der Waals surface area contributed by atoms with Crippen molar-refractivity contribution in [2.45, 2.75) is 13.8 Å². The number of nitrogens with one attached hydrogen (secondary N) is 2. The normalized spacial score (nSPS) is 9.00. The molecule has 0 aliphatic heterocycles. The fourth-order valence-electron chi connectivity index (χ4n) is 0.479. The molecule has 0 bridgehead atoms. The van der Waals surface area contributed by atoms with E-state index in [0.717, 1.165) is 6.54 Å². The Bertz CT molecular complexity index is 134. The van der Waals surface area contributed by atoms with Gasteiger partial charge in [-0.25, -0.2) is 0 Å². The largest absolute Gasteiger partial charge is 0.309 e. The van der Waals surface area contributed by atoms with Gasteiger partial charge in [0.15, 0.2) is 0 Å². The molecule has 0 radical (unpaired) electrons. The third kappa shape index (κ3) is 5.24. The van der Waals surface area contributed by atoms with E-state index in [4.69, 9.17) is 0 Å². The molecule has 0 spiro atoms. The lowest BCUT2D eigenvalue weighted by molar-refractivity contribution is -0.128. The molecular weight excluding hydrogens is 132 g/mol. The minimum Gasteiger partial charge on any atom is -0.309 e. The molecule has 0 unspecified atom stereocenters. The summed E-state index contributed by atoms with van der Waals surface area (Å²) in [5.41, 5.74) is 0. The van der Waals surface area contributed by atoms with Crippen LogP contribution in [0.1, 0.15) is 13.8 Å². The number of hydrogen-bond acceptors (Lipinski definition) is 3. The van der Waals surface area contributed by atoms with E-state index in [1.54, 1.807) is 0 Å². The van der Waals surface area contributed by atoms with Gasteiger partial charge in [0.2, 0.25) is 11.8 Å². The van der Waals surface area contributed by atoms with Crippen molar-refractivity contribution in [1.82, 2.24) is 10.6 Å². The molecule has 0 saturated heterocycles. The Hall–Kier alpha value is -0.900. The van der Waals surface area contributed by atoms with Gasteiger partial charge in [-0.3, -0.25) is 14.9 Å². The minimum absolute atomic E-state index is 0.204. The van der Waals surface area contributed by atoms with Gasteiger partial charge in [0, 0.05) is 6.92 Å². The molecule has 2 N–H and O–H groups in total.